The average Bonchev–Trinajstić information content (AvgIpc) is 3.22. The number of aliphatic imine (C=N–C) groups is 1. The Morgan fingerprint density at radius 1 is 1.28 bits per heavy atom. The third-order valence-electron chi connectivity index (χ3n) is 5.17. The fourth-order valence-electron chi connectivity index (χ4n) is 3.36. The molecule has 2 N–H and O–H groups in total. The number of nitrogens with one attached hydrogen (secondary N) is 2. The number of hydrogen-bond donors (Lipinski definition) is 2. The molecule has 1 saturated heterocycles. The van der Waals surface area contributed by atoms with Gasteiger partial charge >= 0.3 is 0 Å². The van der Waals surface area contributed by atoms with Gasteiger partial charge in [-0.2, -0.15) is 0 Å². The number of aryl methyl sites for hydroxylation is 1. The molecule has 0 radical (unpaired) electrons. The molecule has 0 spiro atoms. The summed E-state index contributed by atoms with van der Waals surface area (Å²) in [6.07, 6.45) is 4.61. The summed E-state index contributed by atoms with van der Waals surface area (Å²) in [6.45, 7) is 6.16. The van der Waals surface area contributed by atoms with Crippen LogP contribution in [-0.4, -0.2) is 71.0 Å². The molecular formula is C22H39IN4O2. The van der Waals surface area contributed by atoms with Crippen molar-refractivity contribution in [3.63, 3.8) is 0 Å². The van der Waals surface area contributed by atoms with E-state index in [-0.39, 0.29) is 24.0 Å². The first-order valence-corrected chi connectivity index (χ1v) is 10.5. The van der Waals surface area contributed by atoms with Gasteiger partial charge in [0.15, 0.2) is 5.96 Å². The molecule has 6 nitrogen and oxygen atoms in total. The summed E-state index contributed by atoms with van der Waals surface area (Å²) in [5.74, 6) is 0.830. The van der Waals surface area contributed by atoms with Crippen LogP contribution in [-0.2, 0) is 15.9 Å². The zero-order chi connectivity index (χ0) is 20.2. The zero-order valence-corrected chi connectivity index (χ0v) is 20.8. The number of hydrogen-bond acceptors (Lipinski definition) is 4. The van der Waals surface area contributed by atoms with Gasteiger partial charge in [0.05, 0.1) is 18.8 Å². The van der Waals surface area contributed by atoms with Crippen molar-refractivity contribution >= 4 is 29.9 Å². The fraction of sp³-hybridized carbons (Fsp3) is 0.682. The van der Waals surface area contributed by atoms with E-state index in [1.165, 1.54) is 11.1 Å². The lowest BCUT2D eigenvalue weighted by molar-refractivity contribution is 0.0168. The van der Waals surface area contributed by atoms with Gasteiger partial charge in [0.25, 0.3) is 0 Å². The van der Waals surface area contributed by atoms with Crippen molar-refractivity contribution in [2.75, 3.05) is 54.1 Å². The van der Waals surface area contributed by atoms with Crippen LogP contribution < -0.4 is 10.6 Å². The van der Waals surface area contributed by atoms with Gasteiger partial charge in [-0.25, -0.2) is 0 Å². The number of halogens is 1. The first kappa shape index (κ1) is 26.1. The quantitative estimate of drug-likeness (QED) is 0.204. The maximum absolute atomic E-state index is 5.71. The van der Waals surface area contributed by atoms with Crippen LogP contribution in [0.1, 0.15) is 43.4 Å². The molecule has 0 aliphatic carbocycles. The highest BCUT2D eigenvalue weighted by Crippen LogP contribution is 2.18. The summed E-state index contributed by atoms with van der Waals surface area (Å²) in [5.41, 5.74) is 2.68. The van der Waals surface area contributed by atoms with Crippen LogP contribution in [0, 0.1) is 0 Å². The molecule has 1 aromatic rings. The summed E-state index contributed by atoms with van der Waals surface area (Å²) in [6, 6.07) is 9.18. The minimum absolute atomic E-state index is 0. The SMILES string of the molecule is CCc1ccc(C(CNC(=NC)NCCCOCC2CCCO2)N(C)C)cc1.I. The lowest BCUT2D eigenvalue weighted by Crippen LogP contribution is -2.42. The maximum atomic E-state index is 5.71. The third-order valence-corrected chi connectivity index (χ3v) is 5.17. The van der Waals surface area contributed by atoms with Gasteiger partial charge in [0.2, 0.25) is 0 Å². The van der Waals surface area contributed by atoms with Crippen molar-refractivity contribution < 1.29 is 9.47 Å². The predicted molar refractivity (Wildman–Crippen MR) is 131 cm³/mol. The van der Waals surface area contributed by atoms with E-state index in [9.17, 15) is 0 Å². The molecule has 1 aliphatic rings. The number of likely N-dealkylation sites (N-methyl/N-ethyl adjacent to an activating group) is 1. The van der Waals surface area contributed by atoms with Crippen LogP contribution in [0.4, 0.5) is 0 Å². The standard InChI is InChI=1S/C22H38N4O2.HI/c1-5-18-9-11-19(12-10-18)21(26(3)4)16-25-22(23-2)24-13-7-14-27-17-20-8-6-15-28-20;/h9-12,20-21H,5-8,13-17H2,1-4H3,(H2,23,24,25);1H. The van der Waals surface area contributed by atoms with Crippen LogP contribution in [0.3, 0.4) is 0 Å². The van der Waals surface area contributed by atoms with E-state index in [1.807, 2.05) is 7.05 Å². The van der Waals surface area contributed by atoms with Crippen LogP contribution in [0.2, 0.25) is 0 Å². The lowest BCUT2D eigenvalue weighted by Gasteiger charge is -2.26. The highest BCUT2D eigenvalue weighted by Gasteiger charge is 2.16. The highest BCUT2D eigenvalue weighted by atomic mass is 127. The molecule has 0 amide bonds. The molecule has 0 bridgehead atoms. The zero-order valence-electron chi connectivity index (χ0n) is 18.4. The summed E-state index contributed by atoms with van der Waals surface area (Å²) in [5, 5.41) is 6.82. The van der Waals surface area contributed by atoms with Gasteiger partial charge in [0, 0.05) is 33.4 Å². The first-order chi connectivity index (χ1) is 13.6. The molecule has 2 unspecified atom stereocenters. The van der Waals surface area contributed by atoms with E-state index in [1.54, 1.807) is 0 Å². The van der Waals surface area contributed by atoms with Gasteiger partial charge in [-0.15, -0.1) is 24.0 Å². The van der Waals surface area contributed by atoms with Gasteiger partial charge < -0.3 is 25.0 Å². The molecular weight excluding hydrogens is 479 g/mol. The minimum Gasteiger partial charge on any atom is -0.379 e. The predicted octanol–water partition coefficient (Wildman–Crippen LogP) is 3.22. The summed E-state index contributed by atoms with van der Waals surface area (Å²) < 4.78 is 11.3. The monoisotopic (exact) mass is 518 g/mol. The number of guanidine groups is 1. The summed E-state index contributed by atoms with van der Waals surface area (Å²) in [4.78, 5) is 6.57. The average molecular weight is 518 g/mol. The van der Waals surface area contributed by atoms with Gasteiger partial charge in [0.1, 0.15) is 0 Å². The Kier molecular flexibility index (Phi) is 13.5. The molecule has 2 rings (SSSR count). The molecule has 7 heteroatoms. The lowest BCUT2D eigenvalue weighted by atomic mass is 10.0. The number of nitrogens with zero attached hydrogens (tertiary/aromatic N) is 2. The van der Waals surface area contributed by atoms with Crippen LogP contribution >= 0.6 is 24.0 Å². The highest BCUT2D eigenvalue weighted by molar-refractivity contribution is 14.0. The molecule has 0 saturated carbocycles. The van der Waals surface area contributed by atoms with E-state index in [4.69, 9.17) is 9.47 Å². The Morgan fingerprint density at radius 3 is 2.62 bits per heavy atom. The van der Waals surface area contributed by atoms with Gasteiger partial charge in [-0.05, 0) is 50.9 Å². The number of benzene rings is 1. The van der Waals surface area contributed by atoms with E-state index < -0.39 is 0 Å². The first-order valence-electron chi connectivity index (χ1n) is 10.5. The normalized spacial score (nSPS) is 17.8. The summed E-state index contributed by atoms with van der Waals surface area (Å²) >= 11 is 0. The Hall–Kier alpha value is -0.900. The largest absolute Gasteiger partial charge is 0.379 e. The van der Waals surface area contributed by atoms with E-state index in [0.717, 1.165) is 57.9 Å². The molecule has 1 heterocycles. The van der Waals surface area contributed by atoms with Crippen LogP contribution in [0.5, 0.6) is 0 Å². The smallest absolute Gasteiger partial charge is 0.191 e. The number of ether oxygens (including phenoxy) is 2. The Labute approximate surface area is 193 Å². The van der Waals surface area contributed by atoms with Crippen molar-refractivity contribution in [3.8, 4) is 0 Å². The molecule has 0 aromatic heterocycles. The van der Waals surface area contributed by atoms with Crippen molar-refractivity contribution in [1.82, 2.24) is 15.5 Å². The topological polar surface area (TPSA) is 58.1 Å². The molecule has 166 valence electrons. The van der Waals surface area contributed by atoms with Crippen molar-refractivity contribution in [2.24, 2.45) is 4.99 Å². The fourth-order valence-corrected chi connectivity index (χ4v) is 3.36. The van der Waals surface area contributed by atoms with E-state index in [2.05, 4.69) is 65.8 Å². The maximum Gasteiger partial charge on any atom is 0.191 e. The molecule has 1 aliphatic heterocycles. The van der Waals surface area contributed by atoms with Crippen molar-refractivity contribution in [3.05, 3.63) is 35.4 Å². The van der Waals surface area contributed by atoms with E-state index in [0.29, 0.717) is 18.8 Å². The van der Waals surface area contributed by atoms with Crippen molar-refractivity contribution in [1.29, 1.82) is 0 Å². The second kappa shape index (κ2) is 15.0. The molecule has 1 fully saturated rings. The molecule has 1 aromatic carbocycles. The van der Waals surface area contributed by atoms with Gasteiger partial charge in [-0.3, -0.25) is 4.99 Å². The Bertz CT molecular complexity index is 575. The second-order valence-corrected chi connectivity index (χ2v) is 7.52. The second-order valence-electron chi connectivity index (χ2n) is 7.52. The molecule has 2 atom stereocenters. The number of rotatable bonds is 11. The van der Waals surface area contributed by atoms with Crippen LogP contribution in [0.25, 0.3) is 0 Å². The van der Waals surface area contributed by atoms with E-state index >= 15 is 0 Å². The summed E-state index contributed by atoms with van der Waals surface area (Å²) in [7, 11) is 6.04. The van der Waals surface area contributed by atoms with Crippen molar-refractivity contribution in [2.45, 2.75) is 44.8 Å². The van der Waals surface area contributed by atoms with Crippen LogP contribution in [0.15, 0.2) is 29.3 Å². The van der Waals surface area contributed by atoms with Gasteiger partial charge in [-0.1, -0.05) is 31.2 Å². The Balaban J connectivity index is 0.00000420. The third kappa shape index (κ3) is 9.63. The Morgan fingerprint density at radius 2 is 2.03 bits per heavy atom. The minimum atomic E-state index is 0. The molecule has 29 heavy (non-hydrogen) atoms.